The maximum absolute atomic E-state index is 4.89. The average Bonchev–Trinajstić information content (AvgIpc) is 2.11. The van der Waals surface area contributed by atoms with Crippen LogP contribution < -0.4 is 0 Å². The number of rotatable bonds is 0. The predicted octanol–water partition coefficient (Wildman–Crippen LogP) is 1.09. The molecule has 0 radical (unpaired) electrons. The molecule has 4 nitrogen and oxygen atoms in total. The van der Waals surface area contributed by atoms with Crippen LogP contribution in [0.25, 0.3) is 0 Å². The molecule has 0 bridgehead atoms. The second-order valence-corrected chi connectivity index (χ2v) is 3.45. The SMILES string of the molecule is CC(C)(C)n1[nH]nnc1=S. The summed E-state index contributed by atoms with van der Waals surface area (Å²) >= 11 is 4.89. The van der Waals surface area contributed by atoms with Gasteiger partial charge in [0.25, 0.3) is 0 Å². The molecule has 10 heavy (non-hydrogen) atoms. The van der Waals surface area contributed by atoms with Crippen LogP contribution in [0.15, 0.2) is 0 Å². The molecule has 0 fully saturated rings. The molecule has 1 heterocycles. The Morgan fingerprint density at radius 2 is 2.10 bits per heavy atom. The Bertz CT molecular complexity index is 266. The molecular weight excluding hydrogens is 148 g/mol. The zero-order chi connectivity index (χ0) is 7.78. The van der Waals surface area contributed by atoms with Crippen molar-refractivity contribution in [2.24, 2.45) is 0 Å². The van der Waals surface area contributed by atoms with E-state index in [0.29, 0.717) is 4.77 Å². The Labute approximate surface area is 64.2 Å². The molecule has 0 amide bonds. The summed E-state index contributed by atoms with van der Waals surface area (Å²) in [6, 6.07) is 0. The maximum Gasteiger partial charge on any atom is 0.238 e. The first-order chi connectivity index (χ1) is 4.52. The van der Waals surface area contributed by atoms with Crippen molar-refractivity contribution in [2.75, 3.05) is 0 Å². The summed E-state index contributed by atoms with van der Waals surface area (Å²) < 4.78 is 2.23. The number of nitrogens with zero attached hydrogens (tertiary/aromatic N) is 3. The Balaban J connectivity index is 3.18. The van der Waals surface area contributed by atoms with Gasteiger partial charge in [-0.2, -0.15) is 5.21 Å². The van der Waals surface area contributed by atoms with Crippen LogP contribution in [0.5, 0.6) is 0 Å². The molecule has 0 atom stereocenters. The molecule has 0 aliphatic heterocycles. The number of nitrogens with one attached hydrogen (secondary N) is 1. The van der Waals surface area contributed by atoms with E-state index in [0.717, 1.165) is 0 Å². The molecule has 5 heteroatoms. The lowest BCUT2D eigenvalue weighted by Gasteiger charge is -2.17. The van der Waals surface area contributed by atoms with Gasteiger partial charge in [-0.3, -0.25) is 0 Å². The summed E-state index contributed by atoms with van der Waals surface area (Å²) in [5.74, 6) is 0. The Hall–Kier alpha value is -0.710. The standard InChI is InChI=1S/C5H10N4S/c1-5(2,3)9-4(10)6-7-8-9/h1-3H3,(H,6,8,10). The highest BCUT2D eigenvalue weighted by molar-refractivity contribution is 7.71. The fourth-order valence-corrected chi connectivity index (χ4v) is 0.990. The van der Waals surface area contributed by atoms with Crippen LogP contribution in [-0.4, -0.2) is 20.2 Å². The Kier molecular flexibility index (Phi) is 1.60. The molecule has 0 spiro atoms. The molecule has 0 saturated heterocycles. The van der Waals surface area contributed by atoms with Gasteiger partial charge in [0.05, 0.1) is 5.54 Å². The Morgan fingerprint density at radius 3 is 2.30 bits per heavy atom. The topological polar surface area (TPSA) is 46.5 Å². The van der Waals surface area contributed by atoms with E-state index in [-0.39, 0.29) is 5.54 Å². The molecular formula is C5H10N4S. The lowest BCUT2D eigenvalue weighted by Crippen LogP contribution is -2.23. The van der Waals surface area contributed by atoms with Crippen LogP contribution in [-0.2, 0) is 5.54 Å². The van der Waals surface area contributed by atoms with E-state index >= 15 is 0 Å². The third-order valence-corrected chi connectivity index (χ3v) is 1.41. The van der Waals surface area contributed by atoms with Gasteiger partial charge in [0.15, 0.2) is 0 Å². The van der Waals surface area contributed by atoms with Crippen molar-refractivity contribution in [3.05, 3.63) is 4.77 Å². The zero-order valence-corrected chi connectivity index (χ0v) is 7.07. The molecule has 0 aliphatic rings. The third-order valence-electron chi connectivity index (χ3n) is 1.14. The Morgan fingerprint density at radius 1 is 1.50 bits per heavy atom. The average molecular weight is 158 g/mol. The van der Waals surface area contributed by atoms with E-state index < -0.39 is 0 Å². The molecule has 0 aromatic carbocycles. The van der Waals surface area contributed by atoms with E-state index in [1.165, 1.54) is 0 Å². The minimum Gasteiger partial charge on any atom is -0.237 e. The van der Waals surface area contributed by atoms with Gasteiger partial charge in [0.2, 0.25) is 4.77 Å². The third kappa shape index (κ3) is 1.23. The molecule has 1 rings (SSSR count). The number of hydrogen-bond donors (Lipinski definition) is 1. The van der Waals surface area contributed by atoms with Crippen molar-refractivity contribution in [3.8, 4) is 0 Å². The fraction of sp³-hybridized carbons (Fsp3) is 0.800. The summed E-state index contributed by atoms with van der Waals surface area (Å²) in [6.07, 6.45) is 0. The summed E-state index contributed by atoms with van der Waals surface area (Å²) in [5.41, 5.74) is -0.0550. The molecule has 1 aromatic heterocycles. The van der Waals surface area contributed by atoms with Crippen LogP contribution >= 0.6 is 12.2 Å². The highest BCUT2D eigenvalue weighted by Crippen LogP contribution is 2.09. The first-order valence-corrected chi connectivity index (χ1v) is 3.43. The van der Waals surface area contributed by atoms with Crippen LogP contribution in [0.2, 0.25) is 0 Å². The van der Waals surface area contributed by atoms with Gasteiger partial charge in [0.1, 0.15) is 0 Å². The van der Waals surface area contributed by atoms with Gasteiger partial charge in [-0.15, -0.1) is 0 Å². The minimum atomic E-state index is -0.0550. The van der Waals surface area contributed by atoms with Gasteiger partial charge in [0, 0.05) is 0 Å². The van der Waals surface area contributed by atoms with Crippen molar-refractivity contribution in [3.63, 3.8) is 0 Å². The lowest BCUT2D eigenvalue weighted by molar-refractivity contribution is 0.343. The van der Waals surface area contributed by atoms with E-state index in [2.05, 4.69) is 15.5 Å². The number of H-pyrrole nitrogens is 1. The van der Waals surface area contributed by atoms with Crippen molar-refractivity contribution in [2.45, 2.75) is 26.3 Å². The van der Waals surface area contributed by atoms with Gasteiger partial charge in [-0.25, -0.2) is 4.68 Å². The molecule has 0 saturated carbocycles. The smallest absolute Gasteiger partial charge is 0.237 e. The van der Waals surface area contributed by atoms with Crippen LogP contribution in [0.4, 0.5) is 0 Å². The number of tetrazole rings is 1. The first-order valence-electron chi connectivity index (χ1n) is 3.02. The van der Waals surface area contributed by atoms with Gasteiger partial charge < -0.3 is 0 Å². The van der Waals surface area contributed by atoms with Crippen LogP contribution in [0, 0.1) is 4.77 Å². The van der Waals surface area contributed by atoms with Gasteiger partial charge >= 0.3 is 0 Å². The zero-order valence-electron chi connectivity index (χ0n) is 6.25. The number of hydrogen-bond acceptors (Lipinski definition) is 3. The molecule has 56 valence electrons. The van der Waals surface area contributed by atoms with E-state index in [9.17, 15) is 0 Å². The second kappa shape index (κ2) is 2.16. The summed E-state index contributed by atoms with van der Waals surface area (Å²) in [6.45, 7) is 6.09. The largest absolute Gasteiger partial charge is 0.238 e. The normalized spacial score (nSPS) is 11.9. The highest BCUT2D eigenvalue weighted by atomic mass is 32.1. The molecule has 0 aliphatic carbocycles. The summed E-state index contributed by atoms with van der Waals surface area (Å²) in [7, 11) is 0. The van der Waals surface area contributed by atoms with E-state index in [1.54, 1.807) is 4.68 Å². The van der Waals surface area contributed by atoms with E-state index in [1.807, 2.05) is 20.8 Å². The number of aromatic nitrogens is 4. The van der Waals surface area contributed by atoms with Crippen molar-refractivity contribution in [1.82, 2.24) is 20.2 Å². The fourth-order valence-electron chi connectivity index (χ4n) is 0.634. The van der Waals surface area contributed by atoms with Gasteiger partial charge in [-0.05, 0) is 33.0 Å². The molecule has 0 unspecified atom stereocenters. The van der Waals surface area contributed by atoms with Crippen LogP contribution in [0.3, 0.4) is 0 Å². The van der Waals surface area contributed by atoms with Crippen molar-refractivity contribution >= 4 is 12.2 Å². The summed E-state index contributed by atoms with van der Waals surface area (Å²) in [5, 5.41) is 9.92. The van der Waals surface area contributed by atoms with Crippen molar-refractivity contribution < 1.29 is 0 Å². The quantitative estimate of drug-likeness (QED) is 0.575. The number of aromatic amines is 1. The minimum absolute atomic E-state index is 0.0550. The van der Waals surface area contributed by atoms with Crippen LogP contribution in [0.1, 0.15) is 20.8 Å². The monoisotopic (exact) mass is 158 g/mol. The lowest BCUT2D eigenvalue weighted by atomic mass is 10.1. The first kappa shape index (κ1) is 7.40. The highest BCUT2D eigenvalue weighted by Gasteiger charge is 2.13. The van der Waals surface area contributed by atoms with Gasteiger partial charge in [-0.1, -0.05) is 10.3 Å². The van der Waals surface area contributed by atoms with Crippen molar-refractivity contribution in [1.29, 1.82) is 0 Å². The maximum atomic E-state index is 4.89. The molecule has 1 N–H and O–H groups in total. The van der Waals surface area contributed by atoms with E-state index in [4.69, 9.17) is 12.2 Å². The summed E-state index contributed by atoms with van der Waals surface area (Å²) in [4.78, 5) is 0. The predicted molar refractivity (Wildman–Crippen MR) is 40.2 cm³/mol. The molecule has 1 aromatic rings. The second-order valence-electron chi connectivity index (χ2n) is 3.09.